The molecule has 1 atom stereocenters. The highest BCUT2D eigenvalue weighted by Crippen LogP contribution is 2.20. The molecule has 0 aliphatic carbocycles. The van der Waals surface area contributed by atoms with Crippen molar-refractivity contribution in [3.8, 4) is 0 Å². The van der Waals surface area contributed by atoms with Crippen molar-refractivity contribution in [2.24, 2.45) is 5.92 Å². The van der Waals surface area contributed by atoms with E-state index in [1.165, 1.54) is 18.5 Å². The van der Waals surface area contributed by atoms with Crippen molar-refractivity contribution >= 4 is 11.6 Å². The normalized spacial score (nSPS) is 17.8. The third kappa shape index (κ3) is 4.23. The van der Waals surface area contributed by atoms with E-state index in [4.69, 9.17) is 0 Å². The summed E-state index contributed by atoms with van der Waals surface area (Å²) in [6.45, 7) is 6.00. The molecule has 1 fully saturated rings. The Morgan fingerprint density at radius 1 is 1.36 bits per heavy atom. The van der Waals surface area contributed by atoms with Gasteiger partial charge in [0.2, 0.25) is 0 Å². The van der Waals surface area contributed by atoms with Crippen LogP contribution in [-0.2, 0) is 0 Å². The van der Waals surface area contributed by atoms with Crippen LogP contribution in [-0.4, -0.2) is 51.1 Å². The Bertz CT molecular complexity index is 472. The monoisotopic (exact) mass is 303 g/mol. The van der Waals surface area contributed by atoms with Crippen LogP contribution < -0.4 is 10.2 Å². The number of carbonyl (C=O) groups is 1. The summed E-state index contributed by atoms with van der Waals surface area (Å²) in [5.74, 6) is 0.759. The third-order valence-electron chi connectivity index (χ3n) is 4.47. The molecule has 0 saturated carbocycles. The Kier molecular flexibility index (Phi) is 6.25. The molecule has 1 N–H and O–H groups in total. The summed E-state index contributed by atoms with van der Waals surface area (Å²) in [7, 11) is 4.08. The number of benzene rings is 1. The number of amides is 1. The Labute approximate surface area is 134 Å². The lowest BCUT2D eigenvalue weighted by molar-refractivity contribution is 0.0787. The van der Waals surface area contributed by atoms with Crippen LogP contribution >= 0.6 is 0 Å². The first kappa shape index (κ1) is 16.8. The van der Waals surface area contributed by atoms with Crippen molar-refractivity contribution in [3.63, 3.8) is 0 Å². The fourth-order valence-corrected chi connectivity index (χ4v) is 3.04. The fraction of sp³-hybridized carbons (Fsp3) is 0.611. The van der Waals surface area contributed by atoms with Crippen LogP contribution in [0.15, 0.2) is 24.3 Å². The van der Waals surface area contributed by atoms with E-state index in [2.05, 4.69) is 36.3 Å². The molecule has 4 nitrogen and oxygen atoms in total. The predicted molar refractivity (Wildman–Crippen MR) is 92.6 cm³/mol. The Morgan fingerprint density at radius 3 is 2.73 bits per heavy atom. The average Bonchev–Trinajstić information content (AvgIpc) is 3.01. The molecule has 1 aliphatic rings. The van der Waals surface area contributed by atoms with E-state index in [-0.39, 0.29) is 5.91 Å². The summed E-state index contributed by atoms with van der Waals surface area (Å²) in [6.07, 6.45) is 3.49. The number of unbranched alkanes of at least 4 members (excludes halogenated alkanes) is 1. The van der Waals surface area contributed by atoms with Gasteiger partial charge in [-0.2, -0.15) is 0 Å². The van der Waals surface area contributed by atoms with Crippen molar-refractivity contribution in [2.75, 3.05) is 45.2 Å². The molecule has 1 aliphatic heterocycles. The van der Waals surface area contributed by atoms with E-state index in [1.54, 1.807) is 0 Å². The van der Waals surface area contributed by atoms with Crippen molar-refractivity contribution in [2.45, 2.75) is 26.2 Å². The molecule has 1 aromatic carbocycles. The van der Waals surface area contributed by atoms with E-state index in [9.17, 15) is 4.79 Å². The Morgan fingerprint density at radius 2 is 2.09 bits per heavy atom. The van der Waals surface area contributed by atoms with Gasteiger partial charge in [-0.25, -0.2) is 0 Å². The number of rotatable bonds is 7. The van der Waals surface area contributed by atoms with Gasteiger partial charge in [0.05, 0.1) is 0 Å². The molecule has 2 rings (SSSR count). The lowest BCUT2D eigenvalue weighted by atomic mass is 10.1. The number of hydrogen-bond acceptors (Lipinski definition) is 3. The lowest BCUT2D eigenvalue weighted by Gasteiger charge is -2.20. The largest absolute Gasteiger partial charge is 0.375 e. The van der Waals surface area contributed by atoms with E-state index in [0.717, 1.165) is 38.2 Å². The smallest absolute Gasteiger partial charge is 0.253 e. The second kappa shape index (κ2) is 8.18. The van der Waals surface area contributed by atoms with Crippen LogP contribution in [0.2, 0.25) is 0 Å². The van der Waals surface area contributed by atoms with Gasteiger partial charge >= 0.3 is 0 Å². The van der Waals surface area contributed by atoms with Gasteiger partial charge in [0.15, 0.2) is 0 Å². The van der Waals surface area contributed by atoms with Crippen LogP contribution in [0.3, 0.4) is 0 Å². The molecule has 1 heterocycles. The molecule has 1 unspecified atom stereocenters. The topological polar surface area (TPSA) is 35.6 Å². The molecule has 0 spiro atoms. The number of hydrogen-bond donors (Lipinski definition) is 1. The first-order chi connectivity index (χ1) is 10.7. The molecule has 1 saturated heterocycles. The molecule has 0 radical (unpaired) electrons. The first-order valence-corrected chi connectivity index (χ1v) is 8.40. The van der Waals surface area contributed by atoms with E-state index in [0.29, 0.717) is 5.92 Å². The van der Waals surface area contributed by atoms with Gasteiger partial charge in [0.1, 0.15) is 0 Å². The standard InChI is InChI=1S/C18H29N3O/c1-4-5-11-20(3)17-8-6-16(7-9-17)18(22)21-12-10-15(14-21)13-19-2/h6-9,15,19H,4-5,10-14H2,1-3H3. The zero-order valence-electron chi connectivity index (χ0n) is 14.1. The summed E-state index contributed by atoms with van der Waals surface area (Å²) >= 11 is 0. The lowest BCUT2D eigenvalue weighted by Crippen LogP contribution is -2.30. The van der Waals surface area contributed by atoms with Crippen molar-refractivity contribution in [3.05, 3.63) is 29.8 Å². The van der Waals surface area contributed by atoms with Crippen LogP contribution in [0.5, 0.6) is 0 Å². The molecule has 122 valence electrons. The fourth-order valence-electron chi connectivity index (χ4n) is 3.04. The van der Waals surface area contributed by atoms with E-state index in [1.807, 2.05) is 24.1 Å². The molecule has 0 bridgehead atoms. The maximum atomic E-state index is 12.5. The molecular weight excluding hydrogens is 274 g/mol. The highest BCUT2D eigenvalue weighted by atomic mass is 16.2. The van der Waals surface area contributed by atoms with Gasteiger partial charge in [-0.15, -0.1) is 0 Å². The summed E-state index contributed by atoms with van der Waals surface area (Å²) < 4.78 is 0. The van der Waals surface area contributed by atoms with Gasteiger partial charge in [-0.1, -0.05) is 13.3 Å². The zero-order valence-corrected chi connectivity index (χ0v) is 14.1. The van der Waals surface area contributed by atoms with Crippen molar-refractivity contribution in [1.29, 1.82) is 0 Å². The number of nitrogens with zero attached hydrogens (tertiary/aromatic N) is 2. The van der Waals surface area contributed by atoms with Gasteiger partial charge in [0, 0.05) is 37.9 Å². The maximum Gasteiger partial charge on any atom is 0.253 e. The Hall–Kier alpha value is -1.55. The minimum absolute atomic E-state index is 0.168. The second-order valence-corrected chi connectivity index (χ2v) is 6.29. The average molecular weight is 303 g/mol. The second-order valence-electron chi connectivity index (χ2n) is 6.29. The minimum atomic E-state index is 0.168. The minimum Gasteiger partial charge on any atom is -0.375 e. The van der Waals surface area contributed by atoms with Crippen LogP contribution in [0, 0.1) is 5.92 Å². The predicted octanol–water partition coefficient (Wildman–Crippen LogP) is 2.60. The maximum absolute atomic E-state index is 12.5. The number of carbonyl (C=O) groups excluding carboxylic acids is 1. The van der Waals surface area contributed by atoms with Crippen LogP contribution in [0.4, 0.5) is 5.69 Å². The molecular formula is C18H29N3O. The molecule has 22 heavy (non-hydrogen) atoms. The third-order valence-corrected chi connectivity index (χ3v) is 4.47. The van der Waals surface area contributed by atoms with Gasteiger partial charge in [0.25, 0.3) is 5.91 Å². The quantitative estimate of drug-likeness (QED) is 0.841. The number of nitrogens with one attached hydrogen (secondary N) is 1. The highest BCUT2D eigenvalue weighted by molar-refractivity contribution is 5.94. The highest BCUT2D eigenvalue weighted by Gasteiger charge is 2.26. The molecule has 0 aromatic heterocycles. The zero-order chi connectivity index (χ0) is 15.9. The SMILES string of the molecule is CCCCN(C)c1ccc(C(=O)N2CCC(CNC)C2)cc1. The summed E-state index contributed by atoms with van der Waals surface area (Å²) in [5.41, 5.74) is 1.98. The Balaban J connectivity index is 1.94. The van der Waals surface area contributed by atoms with E-state index < -0.39 is 0 Å². The molecule has 4 heteroatoms. The molecule has 1 amide bonds. The van der Waals surface area contributed by atoms with Gasteiger partial charge < -0.3 is 15.1 Å². The van der Waals surface area contributed by atoms with Crippen molar-refractivity contribution < 1.29 is 4.79 Å². The summed E-state index contributed by atoms with van der Waals surface area (Å²) in [4.78, 5) is 16.8. The van der Waals surface area contributed by atoms with Crippen LogP contribution in [0.25, 0.3) is 0 Å². The number of anilines is 1. The first-order valence-electron chi connectivity index (χ1n) is 8.40. The van der Waals surface area contributed by atoms with Gasteiger partial charge in [-0.3, -0.25) is 4.79 Å². The summed E-state index contributed by atoms with van der Waals surface area (Å²) in [5, 5.41) is 3.20. The summed E-state index contributed by atoms with van der Waals surface area (Å²) in [6, 6.07) is 8.05. The van der Waals surface area contributed by atoms with Crippen molar-refractivity contribution in [1.82, 2.24) is 10.2 Å². The van der Waals surface area contributed by atoms with Crippen LogP contribution in [0.1, 0.15) is 36.5 Å². The van der Waals surface area contributed by atoms with Gasteiger partial charge in [-0.05, 0) is 56.6 Å². The molecule has 1 aromatic rings. The number of likely N-dealkylation sites (tertiary alicyclic amines) is 1. The van der Waals surface area contributed by atoms with E-state index >= 15 is 0 Å².